The van der Waals surface area contributed by atoms with Gasteiger partial charge in [0.05, 0.1) is 6.54 Å². The van der Waals surface area contributed by atoms with Crippen LogP contribution in [0.1, 0.15) is 37.1 Å². The average molecular weight is 287 g/mol. The van der Waals surface area contributed by atoms with Crippen molar-refractivity contribution in [2.24, 2.45) is 0 Å². The number of hydrogen-bond acceptors (Lipinski definition) is 3. The van der Waals surface area contributed by atoms with Gasteiger partial charge in [-0.2, -0.15) is 0 Å². The maximum absolute atomic E-state index is 12.4. The molecule has 2 heterocycles. The molecule has 3 rings (SSSR count). The number of carbonyl (C=O) groups is 1. The third-order valence-electron chi connectivity index (χ3n) is 4.69. The van der Waals surface area contributed by atoms with Gasteiger partial charge in [0.15, 0.2) is 0 Å². The molecule has 2 saturated heterocycles. The summed E-state index contributed by atoms with van der Waals surface area (Å²) in [5.41, 5.74) is 2.45. The second-order valence-electron chi connectivity index (χ2n) is 6.19. The molecule has 0 aromatic heterocycles. The summed E-state index contributed by atoms with van der Waals surface area (Å²) < 4.78 is 0. The monoisotopic (exact) mass is 287 g/mol. The quantitative estimate of drug-likeness (QED) is 0.922. The second-order valence-corrected chi connectivity index (χ2v) is 6.19. The fourth-order valence-electron chi connectivity index (χ4n) is 3.60. The van der Waals surface area contributed by atoms with Crippen LogP contribution in [0.5, 0.6) is 0 Å². The minimum atomic E-state index is 0.0409. The molecule has 0 radical (unpaired) electrons. The van der Waals surface area contributed by atoms with Crippen LogP contribution in [-0.4, -0.2) is 47.9 Å². The predicted octanol–water partition coefficient (Wildman–Crippen LogP) is 1.91. The zero-order valence-corrected chi connectivity index (χ0v) is 13.0. The molecule has 2 unspecified atom stereocenters. The van der Waals surface area contributed by atoms with Gasteiger partial charge in [0.2, 0.25) is 5.91 Å². The van der Waals surface area contributed by atoms with Gasteiger partial charge in [-0.1, -0.05) is 36.8 Å². The molecule has 0 aliphatic carbocycles. The second kappa shape index (κ2) is 6.16. The summed E-state index contributed by atoms with van der Waals surface area (Å²) in [6.45, 7) is 8.00. The number of amides is 1. The molecule has 21 heavy (non-hydrogen) atoms. The van der Waals surface area contributed by atoms with Crippen molar-refractivity contribution in [1.29, 1.82) is 0 Å². The van der Waals surface area contributed by atoms with Crippen molar-refractivity contribution >= 4 is 5.91 Å². The summed E-state index contributed by atoms with van der Waals surface area (Å²) in [6, 6.07) is 8.82. The molecule has 0 spiro atoms. The molecule has 0 saturated carbocycles. The van der Waals surface area contributed by atoms with E-state index in [1.807, 2.05) is 0 Å². The third-order valence-corrected chi connectivity index (χ3v) is 4.69. The Labute approximate surface area is 127 Å². The highest BCUT2D eigenvalue weighted by molar-refractivity contribution is 5.81. The highest BCUT2D eigenvalue weighted by Gasteiger charge is 2.38. The van der Waals surface area contributed by atoms with Crippen molar-refractivity contribution in [1.82, 2.24) is 15.1 Å². The minimum Gasteiger partial charge on any atom is -0.318 e. The summed E-state index contributed by atoms with van der Waals surface area (Å²) in [4.78, 5) is 16.9. The minimum absolute atomic E-state index is 0.0409. The average Bonchev–Trinajstić information content (AvgIpc) is 2.89. The van der Waals surface area contributed by atoms with E-state index in [4.69, 9.17) is 0 Å². The number of aryl methyl sites for hydroxylation is 1. The van der Waals surface area contributed by atoms with Gasteiger partial charge in [-0.3, -0.25) is 10.1 Å². The van der Waals surface area contributed by atoms with E-state index in [9.17, 15) is 4.79 Å². The SMILES string of the molecule is CCN1CCCC(N2C(=O)CNC2c2cccc(C)c2)C1. The van der Waals surface area contributed by atoms with Crippen LogP contribution in [0.25, 0.3) is 0 Å². The standard InChI is InChI=1S/C17H25N3O/c1-3-19-9-5-8-15(12-19)20-16(21)11-18-17(20)14-7-4-6-13(2)10-14/h4,6-7,10,15,17-18H,3,5,8-9,11-12H2,1-2H3. The fourth-order valence-corrected chi connectivity index (χ4v) is 3.60. The summed E-state index contributed by atoms with van der Waals surface area (Å²) >= 11 is 0. The number of likely N-dealkylation sites (tertiary alicyclic amines) is 1. The Morgan fingerprint density at radius 1 is 1.38 bits per heavy atom. The third kappa shape index (κ3) is 2.97. The molecular formula is C17H25N3O. The Balaban J connectivity index is 1.82. The first-order chi connectivity index (χ1) is 10.2. The number of benzene rings is 1. The van der Waals surface area contributed by atoms with Crippen LogP contribution in [0.2, 0.25) is 0 Å². The maximum atomic E-state index is 12.4. The first kappa shape index (κ1) is 14.5. The van der Waals surface area contributed by atoms with Crippen molar-refractivity contribution in [3.8, 4) is 0 Å². The van der Waals surface area contributed by atoms with Crippen LogP contribution in [0.15, 0.2) is 24.3 Å². The Morgan fingerprint density at radius 3 is 3.00 bits per heavy atom. The van der Waals surface area contributed by atoms with Crippen molar-refractivity contribution in [3.63, 3.8) is 0 Å². The zero-order chi connectivity index (χ0) is 14.8. The summed E-state index contributed by atoms with van der Waals surface area (Å²) in [6.07, 6.45) is 2.34. The molecule has 1 amide bonds. The van der Waals surface area contributed by atoms with Gasteiger partial charge in [-0.05, 0) is 38.4 Å². The molecule has 0 bridgehead atoms. The summed E-state index contributed by atoms with van der Waals surface area (Å²) in [5, 5.41) is 3.39. The molecule has 1 aromatic rings. The van der Waals surface area contributed by atoms with Gasteiger partial charge in [0.1, 0.15) is 6.17 Å². The van der Waals surface area contributed by atoms with Gasteiger partial charge in [0.25, 0.3) is 0 Å². The molecule has 2 aliphatic heterocycles. The highest BCUT2D eigenvalue weighted by Crippen LogP contribution is 2.29. The van der Waals surface area contributed by atoms with Gasteiger partial charge >= 0.3 is 0 Å². The Kier molecular flexibility index (Phi) is 4.27. The van der Waals surface area contributed by atoms with E-state index >= 15 is 0 Å². The lowest BCUT2D eigenvalue weighted by atomic mass is 10.0. The lowest BCUT2D eigenvalue weighted by molar-refractivity contribution is -0.131. The highest BCUT2D eigenvalue weighted by atomic mass is 16.2. The van der Waals surface area contributed by atoms with E-state index in [-0.39, 0.29) is 12.1 Å². The first-order valence-electron chi connectivity index (χ1n) is 8.02. The van der Waals surface area contributed by atoms with Gasteiger partial charge < -0.3 is 9.80 Å². The Bertz CT molecular complexity index is 517. The number of nitrogens with one attached hydrogen (secondary N) is 1. The van der Waals surface area contributed by atoms with E-state index in [2.05, 4.69) is 53.2 Å². The lowest BCUT2D eigenvalue weighted by Crippen LogP contribution is -2.49. The number of hydrogen-bond donors (Lipinski definition) is 1. The summed E-state index contributed by atoms with van der Waals surface area (Å²) in [5.74, 6) is 0.240. The molecule has 2 fully saturated rings. The van der Waals surface area contributed by atoms with Gasteiger partial charge in [-0.25, -0.2) is 0 Å². The van der Waals surface area contributed by atoms with Gasteiger partial charge in [-0.15, -0.1) is 0 Å². The van der Waals surface area contributed by atoms with Crippen LogP contribution in [0.3, 0.4) is 0 Å². The predicted molar refractivity (Wildman–Crippen MR) is 83.9 cm³/mol. The van der Waals surface area contributed by atoms with Crippen molar-refractivity contribution in [3.05, 3.63) is 35.4 Å². The number of nitrogens with zero attached hydrogens (tertiary/aromatic N) is 2. The first-order valence-corrected chi connectivity index (χ1v) is 8.02. The number of rotatable bonds is 3. The van der Waals surface area contributed by atoms with E-state index < -0.39 is 0 Å². The molecule has 4 heteroatoms. The van der Waals surface area contributed by atoms with Crippen LogP contribution in [-0.2, 0) is 4.79 Å². The van der Waals surface area contributed by atoms with Crippen LogP contribution < -0.4 is 5.32 Å². The van der Waals surface area contributed by atoms with Crippen molar-refractivity contribution in [2.75, 3.05) is 26.2 Å². The van der Waals surface area contributed by atoms with Crippen molar-refractivity contribution < 1.29 is 4.79 Å². The smallest absolute Gasteiger partial charge is 0.238 e. The van der Waals surface area contributed by atoms with Crippen LogP contribution in [0.4, 0.5) is 0 Å². The zero-order valence-electron chi connectivity index (χ0n) is 13.0. The molecule has 1 N–H and O–H groups in total. The maximum Gasteiger partial charge on any atom is 0.238 e. The number of piperidine rings is 1. The lowest BCUT2D eigenvalue weighted by Gasteiger charge is -2.39. The number of likely N-dealkylation sites (N-methyl/N-ethyl adjacent to an activating group) is 1. The van der Waals surface area contributed by atoms with Crippen molar-refractivity contribution in [2.45, 2.75) is 38.9 Å². The molecular weight excluding hydrogens is 262 g/mol. The Hall–Kier alpha value is -1.39. The van der Waals surface area contributed by atoms with Crippen LogP contribution >= 0.6 is 0 Å². The van der Waals surface area contributed by atoms with Gasteiger partial charge in [0, 0.05) is 12.6 Å². The topological polar surface area (TPSA) is 35.6 Å². The molecule has 1 aromatic carbocycles. The fraction of sp³-hybridized carbons (Fsp3) is 0.588. The number of carbonyl (C=O) groups excluding carboxylic acids is 1. The van der Waals surface area contributed by atoms with Crippen LogP contribution in [0, 0.1) is 6.92 Å². The molecule has 114 valence electrons. The molecule has 4 nitrogen and oxygen atoms in total. The molecule has 2 atom stereocenters. The normalized spacial score (nSPS) is 27.3. The summed E-state index contributed by atoms with van der Waals surface area (Å²) in [7, 11) is 0. The van der Waals surface area contributed by atoms with E-state index in [1.54, 1.807) is 0 Å². The molecule has 2 aliphatic rings. The van der Waals surface area contributed by atoms with E-state index in [0.717, 1.165) is 26.1 Å². The Morgan fingerprint density at radius 2 is 2.24 bits per heavy atom. The van der Waals surface area contributed by atoms with E-state index in [0.29, 0.717) is 12.6 Å². The van der Waals surface area contributed by atoms with E-state index in [1.165, 1.54) is 17.5 Å². The largest absolute Gasteiger partial charge is 0.318 e.